The number of aromatic amines is 1. The van der Waals surface area contributed by atoms with Crippen LogP contribution in [0.5, 0.6) is 0 Å². The minimum Gasteiger partial charge on any atom is -0.351 e. The highest BCUT2D eigenvalue weighted by molar-refractivity contribution is 7.18. The Balaban J connectivity index is 1.95. The fourth-order valence-corrected chi connectivity index (χ4v) is 3.65. The van der Waals surface area contributed by atoms with Gasteiger partial charge in [-0.25, -0.2) is 4.98 Å². The molecular formula is C13H19N3S. The number of thiazole rings is 1. The lowest BCUT2D eigenvalue weighted by Crippen LogP contribution is -2.26. The molecule has 1 saturated heterocycles. The van der Waals surface area contributed by atoms with Crippen LogP contribution in [-0.4, -0.2) is 23.1 Å². The predicted molar refractivity (Wildman–Crippen MR) is 72.9 cm³/mol. The third kappa shape index (κ3) is 2.00. The summed E-state index contributed by atoms with van der Waals surface area (Å²) in [6.45, 7) is 6.72. The fraction of sp³-hybridized carbons (Fsp3) is 0.615. The third-order valence-electron chi connectivity index (χ3n) is 3.59. The number of H-pyrrole nitrogens is 1. The number of piperidine rings is 1. The molecule has 0 spiro atoms. The van der Waals surface area contributed by atoms with E-state index < -0.39 is 0 Å². The van der Waals surface area contributed by atoms with Crippen molar-refractivity contribution in [3.63, 3.8) is 0 Å². The molecule has 0 aliphatic carbocycles. The first-order valence-electron chi connectivity index (χ1n) is 6.44. The lowest BCUT2D eigenvalue weighted by molar-refractivity contribution is 0.459. The zero-order chi connectivity index (χ0) is 11.8. The molecule has 2 aromatic rings. The van der Waals surface area contributed by atoms with E-state index in [1.165, 1.54) is 33.8 Å². The van der Waals surface area contributed by atoms with Crippen molar-refractivity contribution in [3.05, 3.63) is 16.8 Å². The number of fused-ring (bicyclic) bond motifs is 1. The standard InChI is InChI=1S/C13H19N3S/c1-8(2)10-7-15-13-11(10)16-12(17-13)9-3-5-14-6-4-9/h7-9,14-15H,3-6H2,1-2H3. The summed E-state index contributed by atoms with van der Waals surface area (Å²) < 4.78 is 0. The molecule has 4 heteroatoms. The Morgan fingerprint density at radius 1 is 1.35 bits per heavy atom. The van der Waals surface area contributed by atoms with Gasteiger partial charge in [0.25, 0.3) is 0 Å². The van der Waals surface area contributed by atoms with E-state index in [0.29, 0.717) is 11.8 Å². The molecule has 3 heterocycles. The van der Waals surface area contributed by atoms with E-state index in [4.69, 9.17) is 4.98 Å². The normalized spacial score (nSPS) is 18.3. The van der Waals surface area contributed by atoms with Crippen molar-refractivity contribution in [2.75, 3.05) is 13.1 Å². The first-order chi connectivity index (χ1) is 8.25. The van der Waals surface area contributed by atoms with Gasteiger partial charge in [-0.1, -0.05) is 13.8 Å². The molecule has 1 fully saturated rings. The molecule has 17 heavy (non-hydrogen) atoms. The molecule has 3 nitrogen and oxygen atoms in total. The summed E-state index contributed by atoms with van der Waals surface area (Å²) in [6.07, 6.45) is 4.57. The zero-order valence-electron chi connectivity index (χ0n) is 10.4. The number of nitrogens with zero attached hydrogens (tertiary/aromatic N) is 1. The molecule has 2 N–H and O–H groups in total. The second kappa shape index (κ2) is 4.42. The number of aromatic nitrogens is 2. The zero-order valence-corrected chi connectivity index (χ0v) is 11.2. The van der Waals surface area contributed by atoms with Crippen LogP contribution < -0.4 is 5.32 Å². The summed E-state index contributed by atoms with van der Waals surface area (Å²) in [5.74, 6) is 1.22. The molecule has 0 amide bonds. The summed E-state index contributed by atoms with van der Waals surface area (Å²) >= 11 is 1.85. The highest BCUT2D eigenvalue weighted by atomic mass is 32.1. The average molecular weight is 249 g/mol. The van der Waals surface area contributed by atoms with Crippen LogP contribution in [0.2, 0.25) is 0 Å². The van der Waals surface area contributed by atoms with Crippen molar-refractivity contribution in [1.29, 1.82) is 0 Å². The first-order valence-corrected chi connectivity index (χ1v) is 7.25. The largest absolute Gasteiger partial charge is 0.351 e. The van der Waals surface area contributed by atoms with Crippen LogP contribution >= 0.6 is 11.3 Å². The van der Waals surface area contributed by atoms with E-state index in [2.05, 4.69) is 30.3 Å². The van der Waals surface area contributed by atoms with Gasteiger partial charge in [-0.05, 0) is 37.4 Å². The second-order valence-electron chi connectivity index (χ2n) is 5.15. The Hall–Kier alpha value is -0.870. The molecule has 3 rings (SSSR count). The second-order valence-corrected chi connectivity index (χ2v) is 6.18. The molecular weight excluding hydrogens is 230 g/mol. The maximum atomic E-state index is 4.88. The quantitative estimate of drug-likeness (QED) is 0.858. The van der Waals surface area contributed by atoms with Crippen molar-refractivity contribution in [3.8, 4) is 0 Å². The lowest BCUT2D eigenvalue weighted by atomic mass is 9.99. The maximum absolute atomic E-state index is 4.88. The van der Waals surface area contributed by atoms with Gasteiger partial charge < -0.3 is 10.3 Å². The van der Waals surface area contributed by atoms with Gasteiger partial charge in [0, 0.05) is 12.1 Å². The molecule has 0 saturated carbocycles. The molecule has 1 aliphatic heterocycles. The van der Waals surface area contributed by atoms with E-state index in [1.54, 1.807) is 0 Å². The van der Waals surface area contributed by atoms with Crippen LogP contribution in [0.15, 0.2) is 6.20 Å². The molecule has 0 unspecified atom stereocenters. The summed E-state index contributed by atoms with van der Waals surface area (Å²) in [5, 5.41) is 4.74. The Kier molecular flexibility index (Phi) is 2.92. The fourth-order valence-electron chi connectivity index (χ4n) is 2.53. The molecule has 0 aromatic carbocycles. The van der Waals surface area contributed by atoms with Gasteiger partial charge in [0.15, 0.2) is 0 Å². The smallest absolute Gasteiger partial charge is 0.121 e. The number of nitrogens with one attached hydrogen (secondary N) is 2. The Labute approximate surface area is 106 Å². The Morgan fingerprint density at radius 3 is 2.82 bits per heavy atom. The van der Waals surface area contributed by atoms with Gasteiger partial charge in [-0.15, -0.1) is 11.3 Å². The summed E-state index contributed by atoms with van der Waals surface area (Å²) in [7, 11) is 0. The van der Waals surface area contributed by atoms with E-state index >= 15 is 0 Å². The van der Waals surface area contributed by atoms with Crippen LogP contribution in [-0.2, 0) is 0 Å². The highest BCUT2D eigenvalue weighted by Gasteiger charge is 2.21. The van der Waals surface area contributed by atoms with Crippen LogP contribution in [0.4, 0.5) is 0 Å². The summed E-state index contributed by atoms with van der Waals surface area (Å²) in [4.78, 5) is 9.50. The minimum atomic E-state index is 0.548. The summed E-state index contributed by atoms with van der Waals surface area (Å²) in [6, 6.07) is 0. The topological polar surface area (TPSA) is 40.7 Å². The summed E-state index contributed by atoms with van der Waals surface area (Å²) in [5.41, 5.74) is 2.56. The molecule has 2 aromatic heterocycles. The Bertz CT molecular complexity index is 506. The number of hydrogen-bond donors (Lipinski definition) is 2. The van der Waals surface area contributed by atoms with E-state index in [-0.39, 0.29) is 0 Å². The highest BCUT2D eigenvalue weighted by Crippen LogP contribution is 2.34. The van der Waals surface area contributed by atoms with Gasteiger partial charge >= 0.3 is 0 Å². The van der Waals surface area contributed by atoms with E-state index in [9.17, 15) is 0 Å². The Morgan fingerprint density at radius 2 is 2.12 bits per heavy atom. The third-order valence-corrected chi connectivity index (χ3v) is 4.74. The van der Waals surface area contributed by atoms with Crippen molar-refractivity contribution in [1.82, 2.24) is 15.3 Å². The van der Waals surface area contributed by atoms with Gasteiger partial charge in [0.05, 0.1) is 5.01 Å². The maximum Gasteiger partial charge on any atom is 0.121 e. The first kappa shape index (κ1) is 11.2. The van der Waals surface area contributed by atoms with Crippen molar-refractivity contribution < 1.29 is 0 Å². The lowest BCUT2D eigenvalue weighted by Gasteiger charge is -2.20. The van der Waals surface area contributed by atoms with E-state index in [0.717, 1.165) is 13.1 Å². The van der Waals surface area contributed by atoms with Crippen LogP contribution in [0.3, 0.4) is 0 Å². The van der Waals surface area contributed by atoms with Crippen LogP contribution in [0.1, 0.15) is 49.1 Å². The molecule has 0 atom stereocenters. The SMILES string of the molecule is CC(C)c1c[nH]c2sc(C3CCNCC3)nc12. The van der Waals surface area contributed by atoms with E-state index in [1.807, 2.05) is 11.3 Å². The van der Waals surface area contributed by atoms with Crippen LogP contribution in [0, 0.1) is 0 Å². The molecule has 0 radical (unpaired) electrons. The van der Waals surface area contributed by atoms with Gasteiger partial charge in [-0.3, -0.25) is 0 Å². The monoisotopic (exact) mass is 249 g/mol. The van der Waals surface area contributed by atoms with Gasteiger partial charge in [0.2, 0.25) is 0 Å². The predicted octanol–water partition coefficient (Wildman–Crippen LogP) is 3.21. The number of rotatable bonds is 2. The molecule has 1 aliphatic rings. The number of hydrogen-bond acceptors (Lipinski definition) is 3. The van der Waals surface area contributed by atoms with Crippen molar-refractivity contribution in [2.45, 2.75) is 38.5 Å². The van der Waals surface area contributed by atoms with Gasteiger partial charge in [-0.2, -0.15) is 0 Å². The van der Waals surface area contributed by atoms with Crippen LogP contribution in [0.25, 0.3) is 10.3 Å². The van der Waals surface area contributed by atoms with Crippen molar-refractivity contribution in [2.24, 2.45) is 0 Å². The van der Waals surface area contributed by atoms with Crippen molar-refractivity contribution >= 4 is 21.7 Å². The van der Waals surface area contributed by atoms with Gasteiger partial charge in [0.1, 0.15) is 10.3 Å². The minimum absolute atomic E-state index is 0.548. The average Bonchev–Trinajstić information content (AvgIpc) is 2.88. The molecule has 0 bridgehead atoms. The molecule has 92 valence electrons.